The van der Waals surface area contributed by atoms with Crippen LogP contribution < -0.4 is 5.32 Å². The molecule has 1 saturated heterocycles. The third-order valence-corrected chi connectivity index (χ3v) is 3.73. The standard InChI is InChI=1S/C13H18ClNO/c14-11-13(6-8-16-9-7-13)15-10-12-4-2-1-3-5-12/h1-5,15H,6-11H2. The first-order valence-electron chi connectivity index (χ1n) is 5.77. The zero-order chi connectivity index (χ0) is 11.3. The fourth-order valence-electron chi connectivity index (χ4n) is 2.01. The SMILES string of the molecule is ClCC1(NCc2ccccc2)CCOCC1. The first kappa shape index (κ1) is 11.9. The lowest BCUT2D eigenvalue weighted by atomic mass is 9.92. The van der Waals surface area contributed by atoms with E-state index < -0.39 is 0 Å². The maximum atomic E-state index is 6.09. The molecule has 2 rings (SSSR count). The molecule has 0 aliphatic carbocycles. The molecule has 2 nitrogen and oxygen atoms in total. The highest BCUT2D eigenvalue weighted by Crippen LogP contribution is 2.22. The van der Waals surface area contributed by atoms with E-state index in [1.54, 1.807) is 0 Å². The molecule has 0 atom stereocenters. The Bertz CT molecular complexity index is 309. The van der Waals surface area contributed by atoms with E-state index in [9.17, 15) is 0 Å². The summed E-state index contributed by atoms with van der Waals surface area (Å²) in [5.41, 5.74) is 1.37. The van der Waals surface area contributed by atoms with E-state index in [1.807, 2.05) is 6.07 Å². The largest absolute Gasteiger partial charge is 0.381 e. The Labute approximate surface area is 102 Å². The second-order valence-corrected chi connectivity index (χ2v) is 4.63. The van der Waals surface area contributed by atoms with E-state index in [-0.39, 0.29) is 5.54 Å². The number of hydrogen-bond acceptors (Lipinski definition) is 2. The van der Waals surface area contributed by atoms with Gasteiger partial charge in [-0.3, -0.25) is 0 Å². The molecular weight excluding hydrogens is 222 g/mol. The van der Waals surface area contributed by atoms with Crippen molar-refractivity contribution >= 4 is 11.6 Å². The van der Waals surface area contributed by atoms with Crippen LogP contribution in [-0.2, 0) is 11.3 Å². The molecule has 1 N–H and O–H groups in total. The topological polar surface area (TPSA) is 21.3 Å². The van der Waals surface area contributed by atoms with Gasteiger partial charge in [0.1, 0.15) is 0 Å². The van der Waals surface area contributed by atoms with Gasteiger partial charge in [0.05, 0.1) is 0 Å². The summed E-state index contributed by atoms with van der Waals surface area (Å²) in [4.78, 5) is 0. The molecule has 3 heteroatoms. The first-order chi connectivity index (χ1) is 7.85. The van der Waals surface area contributed by atoms with Gasteiger partial charge in [-0.25, -0.2) is 0 Å². The second-order valence-electron chi connectivity index (χ2n) is 4.37. The predicted molar refractivity (Wildman–Crippen MR) is 66.8 cm³/mol. The lowest BCUT2D eigenvalue weighted by Crippen LogP contribution is -2.50. The summed E-state index contributed by atoms with van der Waals surface area (Å²) in [5.74, 6) is 0.656. The van der Waals surface area contributed by atoms with Gasteiger partial charge in [0.2, 0.25) is 0 Å². The zero-order valence-electron chi connectivity index (χ0n) is 9.42. The van der Waals surface area contributed by atoms with E-state index in [4.69, 9.17) is 16.3 Å². The van der Waals surface area contributed by atoms with Gasteiger partial charge in [-0.2, -0.15) is 0 Å². The van der Waals surface area contributed by atoms with Crippen LogP contribution in [0, 0.1) is 0 Å². The number of hydrogen-bond donors (Lipinski definition) is 1. The molecule has 0 radical (unpaired) electrons. The van der Waals surface area contributed by atoms with Crippen molar-refractivity contribution in [3.8, 4) is 0 Å². The molecule has 0 bridgehead atoms. The molecular formula is C13H18ClNO. The number of ether oxygens (including phenoxy) is 1. The molecule has 0 spiro atoms. The Morgan fingerprint density at radius 3 is 2.50 bits per heavy atom. The molecule has 0 aromatic heterocycles. The van der Waals surface area contributed by atoms with Crippen molar-refractivity contribution in [2.45, 2.75) is 24.9 Å². The van der Waals surface area contributed by atoms with Gasteiger partial charge in [0.25, 0.3) is 0 Å². The normalized spacial score (nSPS) is 19.6. The van der Waals surface area contributed by atoms with Crippen LogP contribution >= 0.6 is 11.6 Å². The Morgan fingerprint density at radius 2 is 1.88 bits per heavy atom. The summed E-state index contributed by atoms with van der Waals surface area (Å²) in [6.45, 7) is 2.51. The van der Waals surface area contributed by atoms with Crippen LogP contribution in [0.2, 0.25) is 0 Å². The third-order valence-electron chi connectivity index (χ3n) is 3.22. The van der Waals surface area contributed by atoms with Gasteiger partial charge in [0, 0.05) is 31.2 Å². The predicted octanol–water partition coefficient (Wildman–Crippen LogP) is 2.56. The van der Waals surface area contributed by atoms with Crippen LogP contribution in [0.3, 0.4) is 0 Å². The highest BCUT2D eigenvalue weighted by atomic mass is 35.5. The lowest BCUT2D eigenvalue weighted by molar-refractivity contribution is 0.0459. The minimum Gasteiger partial charge on any atom is -0.381 e. The third kappa shape index (κ3) is 2.97. The van der Waals surface area contributed by atoms with Gasteiger partial charge in [-0.1, -0.05) is 30.3 Å². The maximum absolute atomic E-state index is 6.09. The number of nitrogens with one attached hydrogen (secondary N) is 1. The van der Waals surface area contributed by atoms with Gasteiger partial charge in [0.15, 0.2) is 0 Å². The average Bonchev–Trinajstić information content (AvgIpc) is 2.39. The molecule has 16 heavy (non-hydrogen) atoms. The summed E-state index contributed by atoms with van der Waals surface area (Å²) in [6, 6.07) is 10.4. The number of alkyl halides is 1. The summed E-state index contributed by atoms with van der Waals surface area (Å²) in [5, 5.41) is 3.59. The monoisotopic (exact) mass is 239 g/mol. The van der Waals surface area contributed by atoms with Crippen molar-refractivity contribution in [1.29, 1.82) is 0 Å². The average molecular weight is 240 g/mol. The van der Waals surface area contributed by atoms with E-state index in [2.05, 4.69) is 29.6 Å². The van der Waals surface area contributed by atoms with Crippen molar-refractivity contribution in [2.75, 3.05) is 19.1 Å². The molecule has 0 unspecified atom stereocenters. The van der Waals surface area contributed by atoms with Crippen molar-refractivity contribution in [3.05, 3.63) is 35.9 Å². The molecule has 0 amide bonds. The quantitative estimate of drug-likeness (QED) is 0.816. The highest BCUT2D eigenvalue weighted by molar-refractivity contribution is 6.18. The Balaban J connectivity index is 1.92. The minimum absolute atomic E-state index is 0.0651. The second kappa shape index (κ2) is 5.67. The molecule has 0 saturated carbocycles. The summed E-state index contributed by atoms with van der Waals surface area (Å²) in [6.07, 6.45) is 2.01. The number of rotatable bonds is 4. The summed E-state index contributed by atoms with van der Waals surface area (Å²) < 4.78 is 5.38. The molecule has 1 fully saturated rings. The van der Waals surface area contributed by atoms with Crippen molar-refractivity contribution < 1.29 is 4.74 Å². The van der Waals surface area contributed by atoms with Gasteiger partial charge >= 0.3 is 0 Å². The molecule has 1 aromatic rings. The van der Waals surface area contributed by atoms with Crippen molar-refractivity contribution in [2.24, 2.45) is 0 Å². The Hall–Kier alpha value is -0.570. The summed E-state index contributed by atoms with van der Waals surface area (Å²) >= 11 is 6.09. The Kier molecular flexibility index (Phi) is 4.22. The van der Waals surface area contributed by atoms with Crippen LogP contribution in [0.5, 0.6) is 0 Å². The highest BCUT2D eigenvalue weighted by Gasteiger charge is 2.30. The zero-order valence-corrected chi connectivity index (χ0v) is 10.2. The first-order valence-corrected chi connectivity index (χ1v) is 6.31. The maximum Gasteiger partial charge on any atom is 0.0484 e. The minimum atomic E-state index is 0.0651. The fourth-order valence-corrected chi connectivity index (χ4v) is 2.37. The van der Waals surface area contributed by atoms with Gasteiger partial charge < -0.3 is 10.1 Å². The molecule has 1 heterocycles. The van der Waals surface area contributed by atoms with Crippen molar-refractivity contribution in [1.82, 2.24) is 5.32 Å². The van der Waals surface area contributed by atoms with Gasteiger partial charge in [-0.05, 0) is 18.4 Å². The van der Waals surface area contributed by atoms with Gasteiger partial charge in [-0.15, -0.1) is 11.6 Å². The number of benzene rings is 1. The molecule has 1 aromatic carbocycles. The Morgan fingerprint density at radius 1 is 1.19 bits per heavy atom. The molecule has 88 valence electrons. The fraction of sp³-hybridized carbons (Fsp3) is 0.538. The smallest absolute Gasteiger partial charge is 0.0484 e. The van der Waals surface area contributed by atoms with Crippen LogP contribution in [0.4, 0.5) is 0 Å². The van der Waals surface area contributed by atoms with Crippen LogP contribution in [-0.4, -0.2) is 24.6 Å². The van der Waals surface area contributed by atoms with E-state index in [0.717, 1.165) is 32.6 Å². The summed E-state index contributed by atoms with van der Waals surface area (Å²) in [7, 11) is 0. The molecule has 1 aliphatic rings. The van der Waals surface area contributed by atoms with E-state index >= 15 is 0 Å². The lowest BCUT2D eigenvalue weighted by Gasteiger charge is -2.36. The van der Waals surface area contributed by atoms with E-state index in [1.165, 1.54) is 5.56 Å². The van der Waals surface area contributed by atoms with Crippen molar-refractivity contribution in [3.63, 3.8) is 0 Å². The number of halogens is 1. The van der Waals surface area contributed by atoms with Crippen LogP contribution in [0.25, 0.3) is 0 Å². The molecule has 1 aliphatic heterocycles. The van der Waals surface area contributed by atoms with Crippen LogP contribution in [0.1, 0.15) is 18.4 Å². The van der Waals surface area contributed by atoms with Crippen LogP contribution in [0.15, 0.2) is 30.3 Å². The van der Waals surface area contributed by atoms with E-state index in [0.29, 0.717) is 5.88 Å².